The number of fused-ring (bicyclic) bond motifs is 1. The highest BCUT2D eigenvalue weighted by Crippen LogP contribution is 2.34. The van der Waals surface area contributed by atoms with E-state index in [1.54, 1.807) is 6.08 Å². The second-order valence-corrected chi connectivity index (χ2v) is 8.77. The summed E-state index contributed by atoms with van der Waals surface area (Å²) < 4.78 is 34.9. The molecule has 2 aliphatic rings. The number of carbonyl (C=O) groups is 1. The van der Waals surface area contributed by atoms with Gasteiger partial charge in [0.05, 0.1) is 16.0 Å². The zero-order valence-electron chi connectivity index (χ0n) is 16.8. The number of halogens is 2. The topological polar surface area (TPSA) is 123 Å². The summed E-state index contributed by atoms with van der Waals surface area (Å²) in [7, 11) is 0. The largest absolute Gasteiger partial charge is 0.422 e. The zero-order valence-corrected chi connectivity index (χ0v) is 17.6. The molecule has 1 saturated carbocycles. The predicted molar refractivity (Wildman–Crippen MR) is 115 cm³/mol. The molecule has 7 nitrogen and oxygen atoms in total. The molecule has 1 heterocycles. The first kappa shape index (κ1) is 21.8. The van der Waals surface area contributed by atoms with E-state index in [-0.39, 0.29) is 5.92 Å². The summed E-state index contributed by atoms with van der Waals surface area (Å²) in [5.41, 5.74) is 0.141. The van der Waals surface area contributed by atoms with Crippen LogP contribution in [0.5, 0.6) is 0 Å². The first-order chi connectivity index (χ1) is 15.2. The molecule has 1 fully saturated rings. The lowest BCUT2D eigenvalue weighted by molar-refractivity contribution is -0.120. The van der Waals surface area contributed by atoms with Gasteiger partial charge in [-0.05, 0) is 24.8 Å². The minimum absolute atomic E-state index is 0.0520. The molecule has 0 bridgehead atoms. The second-order valence-electron chi connectivity index (χ2n) is 7.74. The Balaban J connectivity index is 1.44. The van der Waals surface area contributed by atoms with Crippen molar-refractivity contribution >= 4 is 41.2 Å². The van der Waals surface area contributed by atoms with Crippen LogP contribution in [0.3, 0.4) is 0 Å². The molecule has 4 rings (SSSR count). The number of rotatable bonds is 6. The number of ether oxygens (including phenoxy) is 1. The molecule has 1 aromatic carbocycles. The summed E-state index contributed by atoms with van der Waals surface area (Å²) in [6, 6.07) is 11.7. The molecule has 164 valence electrons. The molecule has 2 aromatic rings. The van der Waals surface area contributed by atoms with Crippen molar-refractivity contribution in [3.05, 3.63) is 50.8 Å². The molecule has 3 N–H and O–H groups in total. The van der Waals surface area contributed by atoms with Gasteiger partial charge < -0.3 is 10.1 Å². The normalized spacial score (nSPS) is 18.2. The van der Waals surface area contributed by atoms with Gasteiger partial charge in [0.15, 0.2) is 10.9 Å². The van der Waals surface area contributed by atoms with Gasteiger partial charge in [0, 0.05) is 5.92 Å². The van der Waals surface area contributed by atoms with E-state index in [1.165, 1.54) is 0 Å². The monoisotopic (exact) mass is 455 g/mol. The summed E-state index contributed by atoms with van der Waals surface area (Å²) in [6.07, 6.45) is 4.68. The lowest BCUT2D eigenvalue weighted by atomic mass is 9.93. The van der Waals surface area contributed by atoms with Crippen molar-refractivity contribution in [2.24, 2.45) is 0 Å². The van der Waals surface area contributed by atoms with E-state index in [0.717, 1.165) is 16.9 Å². The zero-order chi connectivity index (χ0) is 22.9. The van der Waals surface area contributed by atoms with Crippen molar-refractivity contribution < 1.29 is 18.3 Å². The quantitative estimate of drug-likeness (QED) is 0.457. The van der Waals surface area contributed by atoms with E-state index < -0.39 is 40.6 Å². The van der Waals surface area contributed by atoms with Crippen LogP contribution in [0.4, 0.5) is 8.78 Å². The second kappa shape index (κ2) is 8.24. The summed E-state index contributed by atoms with van der Waals surface area (Å²) in [5.74, 6) is -6.76. The van der Waals surface area contributed by atoms with Gasteiger partial charge in [0.2, 0.25) is 5.91 Å². The number of nitriles is 1. The Morgan fingerprint density at radius 1 is 1.34 bits per heavy atom. The average molecular weight is 455 g/mol. The lowest BCUT2D eigenvalue weighted by Gasteiger charge is -2.16. The van der Waals surface area contributed by atoms with Crippen molar-refractivity contribution in [1.29, 1.82) is 16.1 Å². The van der Waals surface area contributed by atoms with Crippen LogP contribution < -0.4 is 15.2 Å². The molecular weight excluding hydrogens is 436 g/mol. The lowest BCUT2D eigenvalue weighted by Crippen LogP contribution is -2.38. The van der Waals surface area contributed by atoms with Crippen molar-refractivity contribution in [2.75, 3.05) is 0 Å². The third kappa shape index (κ3) is 4.43. The Morgan fingerprint density at radius 2 is 2.06 bits per heavy atom. The summed E-state index contributed by atoms with van der Waals surface area (Å²) in [6.45, 7) is 0. The molecule has 0 radical (unpaired) electrons. The standard InChI is InChI=1S/C22H19F2N5O2S/c23-22(24,19(27)31-17(26)11-18(30)29-21(12-25)8-9-21)20-28-15-7-6-14(10-16(15)32-20)13-4-2-1-3-5-13/h1-5,7,10,14,26-27H,6,8-9,11H2,(H,29,30). The van der Waals surface area contributed by atoms with Gasteiger partial charge in [0.25, 0.3) is 5.90 Å². The predicted octanol–water partition coefficient (Wildman–Crippen LogP) is 2.52. The van der Waals surface area contributed by atoms with Gasteiger partial charge >= 0.3 is 5.92 Å². The number of hydrogen-bond acceptors (Lipinski definition) is 7. The van der Waals surface area contributed by atoms with E-state index in [1.807, 2.05) is 42.5 Å². The SMILES string of the molecule is N#CC1(NC(=O)CC(=N)OC(=N)C(F)(F)c2nc3c(s2)=CC(c2ccccc2)CC=3)CC1. The number of benzene rings is 1. The highest BCUT2D eigenvalue weighted by atomic mass is 32.1. The van der Waals surface area contributed by atoms with Gasteiger partial charge in [-0.25, -0.2) is 4.98 Å². The maximum absolute atomic E-state index is 14.8. The maximum atomic E-state index is 14.8. The van der Waals surface area contributed by atoms with Gasteiger partial charge in [-0.15, -0.1) is 11.3 Å². The van der Waals surface area contributed by atoms with Gasteiger partial charge in [-0.3, -0.25) is 15.6 Å². The number of thiazole rings is 1. The van der Waals surface area contributed by atoms with Crippen molar-refractivity contribution in [1.82, 2.24) is 10.3 Å². The third-order valence-electron chi connectivity index (χ3n) is 5.27. The number of amides is 1. The molecule has 2 aliphatic carbocycles. The molecule has 1 aromatic heterocycles. The highest BCUT2D eigenvalue weighted by molar-refractivity contribution is 7.09. The number of nitrogens with one attached hydrogen (secondary N) is 3. The van der Waals surface area contributed by atoms with Gasteiger partial charge in [-0.1, -0.05) is 42.5 Å². The molecule has 1 unspecified atom stereocenters. The molecule has 0 saturated heterocycles. The van der Waals surface area contributed by atoms with Crippen LogP contribution in [0, 0.1) is 22.1 Å². The summed E-state index contributed by atoms with van der Waals surface area (Å²) in [5, 5.41) is 26.6. The average Bonchev–Trinajstić information content (AvgIpc) is 3.40. The molecule has 0 aliphatic heterocycles. The van der Waals surface area contributed by atoms with Crippen LogP contribution in [0.1, 0.15) is 42.2 Å². The minimum atomic E-state index is -3.85. The number of aromatic nitrogens is 1. The van der Waals surface area contributed by atoms with Crippen LogP contribution in [-0.2, 0) is 15.5 Å². The Kier molecular flexibility index (Phi) is 5.60. The summed E-state index contributed by atoms with van der Waals surface area (Å²) in [4.78, 5) is 15.9. The Labute approximate surface area is 186 Å². The number of carbonyl (C=O) groups excluding carboxylic acids is 1. The van der Waals surface area contributed by atoms with E-state index in [2.05, 4.69) is 15.0 Å². The number of hydrogen-bond donors (Lipinski definition) is 3. The van der Waals surface area contributed by atoms with Crippen LogP contribution in [0.2, 0.25) is 0 Å². The molecular formula is C22H19F2N5O2S. The van der Waals surface area contributed by atoms with E-state index in [4.69, 9.17) is 16.1 Å². The number of nitrogens with zero attached hydrogens (tertiary/aromatic N) is 2. The van der Waals surface area contributed by atoms with Crippen molar-refractivity contribution in [2.45, 2.75) is 43.1 Å². The van der Waals surface area contributed by atoms with Gasteiger partial charge in [-0.2, -0.15) is 14.0 Å². The fourth-order valence-corrected chi connectivity index (χ4v) is 4.37. The van der Waals surface area contributed by atoms with Crippen LogP contribution >= 0.6 is 11.3 Å². The maximum Gasteiger partial charge on any atom is 0.372 e. The Hall–Kier alpha value is -3.45. The van der Waals surface area contributed by atoms with Crippen LogP contribution in [-0.4, -0.2) is 28.2 Å². The molecule has 0 spiro atoms. The van der Waals surface area contributed by atoms with Crippen LogP contribution in [0.15, 0.2) is 30.3 Å². The van der Waals surface area contributed by atoms with Crippen molar-refractivity contribution in [3.63, 3.8) is 0 Å². The third-order valence-corrected chi connectivity index (χ3v) is 6.38. The van der Waals surface area contributed by atoms with Gasteiger partial charge in [0.1, 0.15) is 12.0 Å². The molecule has 10 heteroatoms. The Bertz CT molecular complexity index is 1250. The highest BCUT2D eigenvalue weighted by Gasteiger charge is 2.46. The Morgan fingerprint density at radius 3 is 2.72 bits per heavy atom. The van der Waals surface area contributed by atoms with E-state index in [9.17, 15) is 13.6 Å². The molecule has 1 atom stereocenters. The van der Waals surface area contributed by atoms with Crippen LogP contribution in [0.25, 0.3) is 12.2 Å². The minimum Gasteiger partial charge on any atom is -0.422 e. The smallest absolute Gasteiger partial charge is 0.372 e. The molecule has 32 heavy (non-hydrogen) atoms. The molecule has 1 amide bonds. The fraction of sp³-hybridized carbons (Fsp3) is 0.318. The van der Waals surface area contributed by atoms with E-state index in [0.29, 0.717) is 29.1 Å². The first-order valence-corrected chi connectivity index (χ1v) is 10.7. The fourth-order valence-electron chi connectivity index (χ4n) is 3.33. The summed E-state index contributed by atoms with van der Waals surface area (Å²) >= 11 is 0.775. The first-order valence-electron chi connectivity index (χ1n) is 9.91. The number of alkyl halides is 2. The van der Waals surface area contributed by atoms with Crippen molar-refractivity contribution in [3.8, 4) is 6.07 Å². The van der Waals surface area contributed by atoms with E-state index >= 15 is 0 Å².